The fourth-order valence-corrected chi connectivity index (χ4v) is 2.29. The molecule has 0 bridgehead atoms. The molecule has 1 amide bonds. The Morgan fingerprint density at radius 3 is 2.45 bits per heavy atom. The monoisotopic (exact) mass is 294 g/mol. The normalized spacial score (nSPS) is 10.7. The number of anilines is 2. The number of aryl methyl sites for hydroxylation is 1. The Balaban J connectivity index is 1.80. The fraction of sp³-hybridized carbons (Fsp3) is 0.167. The number of fused-ring (bicyclic) bond motifs is 1. The summed E-state index contributed by atoms with van der Waals surface area (Å²) in [6, 6.07) is 15.3. The van der Waals surface area contributed by atoms with Gasteiger partial charge in [-0.2, -0.15) is 0 Å². The van der Waals surface area contributed by atoms with Crippen molar-refractivity contribution in [2.75, 3.05) is 24.3 Å². The Labute approximate surface area is 129 Å². The standard InChI is InChI=1S/C18H18N2O2/c1-12-4-5-13-11-17(22-16(13)10-12)18(21)19-14-6-8-15(9-7-14)20(2)3/h4-11H,1-3H3,(H,19,21). The Kier molecular flexibility index (Phi) is 3.59. The molecule has 0 aliphatic heterocycles. The zero-order chi connectivity index (χ0) is 15.7. The van der Waals surface area contributed by atoms with E-state index >= 15 is 0 Å². The van der Waals surface area contributed by atoms with Crippen molar-refractivity contribution >= 4 is 28.3 Å². The summed E-state index contributed by atoms with van der Waals surface area (Å²) in [6.07, 6.45) is 0. The highest BCUT2D eigenvalue weighted by Gasteiger charge is 2.12. The van der Waals surface area contributed by atoms with E-state index in [9.17, 15) is 4.79 Å². The van der Waals surface area contributed by atoms with Crippen LogP contribution in [-0.4, -0.2) is 20.0 Å². The molecule has 4 heteroatoms. The number of hydrogen-bond acceptors (Lipinski definition) is 3. The molecular weight excluding hydrogens is 276 g/mol. The van der Waals surface area contributed by atoms with E-state index in [4.69, 9.17) is 4.42 Å². The van der Waals surface area contributed by atoms with Crippen LogP contribution >= 0.6 is 0 Å². The van der Waals surface area contributed by atoms with Gasteiger partial charge in [-0.25, -0.2) is 0 Å². The van der Waals surface area contributed by atoms with Gasteiger partial charge in [-0.1, -0.05) is 12.1 Å². The topological polar surface area (TPSA) is 45.5 Å². The molecule has 3 aromatic rings. The lowest BCUT2D eigenvalue weighted by molar-refractivity contribution is 0.0998. The molecule has 0 atom stereocenters. The van der Waals surface area contributed by atoms with Crippen molar-refractivity contribution in [3.8, 4) is 0 Å². The molecule has 1 heterocycles. The number of amides is 1. The van der Waals surface area contributed by atoms with E-state index in [1.54, 1.807) is 6.07 Å². The summed E-state index contributed by atoms with van der Waals surface area (Å²) in [4.78, 5) is 14.3. The molecule has 0 saturated heterocycles. The zero-order valence-electron chi connectivity index (χ0n) is 12.9. The van der Waals surface area contributed by atoms with Gasteiger partial charge in [0.1, 0.15) is 5.58 Å². The second-order valence-electron chi connectivity index (χ2n) is 5.55. The van der Waals surface area contributed by atoms with Crippen molar-refractivity contribution in [2.45, 2.75) is 6.92 Å². The van der Waals surface area contributed by atoms with Crippen LogP contribution in [0.2, 0.25) is 0 Å². The molecule has 0 aliphatic carbocycles. The highest BCUT2D eigenvalue weighted by molar-refractivity contribution is 6.04. The molecule has 0 saturated carbocycles. The van der Waals surface area contributed by atoms with Crippen molar-refractivity contribution in [2.24, 2.45) is 0 Å². The number of carbonyl (C=O) groups excluding carboxylic acids is 1. The molecule has 22 heavy (non-hydrogen) atoms. The van der Waals surface area contributed by atoms with Crippen LogP contribution in [0, 0.1) is 6.92 Å². The number of nitrogens with zero attached hydrogens (tertiary/aromatic N) is 1. The predicted octanol–water partition coefficient (Wildman–Crippen LogP) is 4.06. The van der Waals surface area contributed by atoms with E-state index in [-0.39, 0.29) is 5.91 Å². The van der Waals surface area contributed by atoms with Crippen LogP contribution in [0.5, 0.6) is 0 Å². The number of benzene rings is 2. The van der Waals surface area contributed by atoms with Crippen LogP contribution in [0.15, 0.2) is 52.9 Å². The van der Waals surface area contributed by atoms with Gasteiger partial charge in [-0.3, -0.25) is 4.79 Å². The molecule has 2 aromatic carbocycles. The summed E-state index contributed by atoms with van der Waals surface area (Å²) in [5, 5.41) is 3.78. The maximum absolute atomic E-state index is 12.3. The van der Waals surface area contributed by atoms with Crippen molar-refractivity contribution in [3.05, 3.63) is 59.9 Å². The number of carbonyl (C=O) groups is 1. The third-order valence-electron chi connectivity index (χ3n) is 3.54. The maximum Gasteiger partial charge on any atom is 0.291 e. The number of nitrogens with one attached hydrogen (secondary N) is 1. The summed E-state index contributed by atoms with van der Waals surface area (Å²) in [7, 11) is 3.95. The molecule has 1 aromatic heterocycles. The molecule has 0 unspecified atom stereocenters. The second-order valence-corrected chi connectivity index (χ2v) is 5.55. The predicted molar refractivity (Wildman–Crippen MR) is 89.7 cm³/mol. The molecule has 3 rings (SSSR count). The summed E-state index contributed by atoms with van der Waals surface area (Å²) < 4.78 is 5.62. The average molecular weight is 294 g/mol. The second kappa shape index (κ2) is 5.56. The quantitative estimate of drug-likeness (QED) is 0.792. The van der Waals surface area contributed by atoms with Gasteiger partial charge in [-0.05, 0) is 48.9 Å². The minimum atomic E-state index is -0.244. The van der Waals surface area contributed by atoms with Crippen LogP contribution in [0.4, 0.5) is 11.4 Å². The first kappa shape index (κ1) is 14.2. The first-order valence-corrected chi connectivity index (χ1v) is 7.12. The minimum absolute atomic E-state index is 0.244. The Morgan fingerprint density at radius 1 is 1.05 bits per heavy atom. The summed E-state index contributed by atoms with van der Waals surface area (Å²) in [5.74, 6) is 0.0729. The summed E-state index contributed by atoms with van der Waals surface area (Å²) >= 11 is 0. The van der Waals surface area contributed by atoms with Crippen LogP contribution in [0.1, 0.15) is 16.1 Å². The molecule has 1 N–H and O–H groups in total. The highest BCUT2D eigenvalue weighted by Crippen LogP contribution is 2.22. The fourth-order valence-electron chi connectivity index (χ4n) is 2.29. The van der Waals surface area contributed by atoms with Gasteiger partial charge in [0.15, 0.2) is 5.76 Å². The number of rotatable bonds is 3. The van der Waals surface area contributed by atoms with Gasteiger partial charge in [0.25, 0.3) is 5.91 Å². The first-order chi connectivity index (χ1) is 10.5. The maximum atomic E-state index is 12.3. The van der Waals surface area contributed by atoms with Crippen LogP contribution in [0.3, 0.4) is 0 Å². The van der Waals surface area contributed by atoms with E-state index in [2.05, 4.69) is 5.32 Å². The van der Waals surface area contributed by atoms with Crippen molar-refractivity contribution < 1.29 is 9.21 Å². The molecule has 0 spiro atoms. The average Bonchev–Trinajstić information content (AvgIpc) is 2.91. The summed E-state index contributed by atoms with van der Waals surface area (Å²) in [6.45, 7) is 1.99. The lowest BCUT2D eigenvalue weighted by atomic mass is 10.2. The van der Waals surface area contributed by atoms with Gasteiger partial charge < -0.3 is 14.6 Å². The molecule has 0 radical (unpaired) electrons. The largest absolute Gasteiger partial charge is 0.451 e. The van der Waals surface area contributed by atoms with Gasteiger partial charge in [0, 0.05) is 30.9 Å². The van der Waals surface area contributed by atoms with Crippen molar-refractivity contribution in [1.82, 2.24) is 0 Å². The van der Waals surface area contributed by atoms with Gasteiger partial charge >= 0.3 is 0 Å². The third-order valence-corrected chi connectivity index (χ3v) is 3.54. The molecule has 0 fully saturated rings. The molecule has 4 nitrogen and oxygen atoms in total. The van der Waals surface area contributed by atoms with E-state index < -0.39 is 0 Å². The number of hydrogen-bond donors (Lipinski definition) is 1. The SMILES string of the molecule is Cc1ccc2cc(C(=O)Nc3ccc(N(C)C)cc3)oc2c1. The lowest BCUT2D eigenvalue weighted by Crippen LogP contribution is -2.11. The van der Waals surface area contributed by atoms with Gasteiger partial charge in [-0.15, -0.1) is 0 Å². The molecule has 0 aliphatic rings. The molecular formula is C18H18N2O2. The Hall–Kier alpha value is -2.75. The Bertz CT molecular complexity index is 817. The van der Waals surface area contributed by atoms with Crippen LogP contribution in [-0.2, 0) is 0 Å². The van der Waals surface area contributed by atoms with Crippen LogP contribution < -0.4 is 10.2 Å². The van der Waals surface area contributed by atoms with Crippen molar-refractivity contribution in [3.63, 3.8) is 0 Å². The van der Waals surface area contributed by atoms with Gasteiger partial charge in [0.05, 0.1) is 0 Å². The third kappa shape index (κ3) is 2.81. The lowest BCUT2D eigenvalue weighted by Gasteiger charge is -2.12. The van der Waals surface area contributed by atoms with Crippen LogP contribution in [0.25, 0.3) is 11.0 Å². The summed E-state index contributed by atoms with van der Waals surface area (Å²) in [5.41, 5.74) is 3.66. The molecule has 112 valence electrons. The number of furan rings is 1. The van der Waals surface area contributed by atoms with E-state index in [1.165, 1.54) is 0 Å². The van der Waals surface area contributed by atoms with E-state index in [0.29, 0.717) is 5.76 Å². The zero-order valence-corrected chi connectivity index (χ0v) is 12.9. The van der Waals surface area contributed by atoms with Gasteiger partial charge in [0.2, 0.25) is 0 Å². The van der Waals surface area contributed by atoms with Crippen molar-refractivity contribution in [1.29, 1.82) is 0 Å². The highest BCUT2D eigenvalue weighted by atomic mass is 16.3. The Morgan fingerprint density at radius 2 is 1.77 bits per heavy atom. The van der Waals surface area contributed by atoms with E-state index in [0.717, 1.165) is 27.9 Å². The minimum Gasteiger partial charge on any atom is -0.451 e. The first-order valence-electron chi connectivity index (χ1n) is 7.12. The van der Waals surface area contributed by atoms with E-state index in [1.807, 2.05) is 68.4 Å². The smallest absolute Gasteiger partial charge is 0.291 e.